The molecule has 0 spiro atoms. The zero-order chi connectivity index (χ0) is 12.3. The Labute approximate surface area is 101 Å². The minimum atomic E-state index is -0.237. The maximum absolute atomic E-state index is 12.2. The molecule has 5 heteroatoms. The van der Waals surface area contributed by atoms with Crippen LogP contribution in [0.5, 0.6) is 0 Å². The molecule has 2 rings (SSSR count). The molecule has 17 heavy (non-hydrogen) atoms. The third-order valence-electron chi connectivity index (χ3n) is 3.51. The summed E-state index contributed by atoms with van der Waals surface area (Å²) in [5, 5.41) is 10.1. The predicted molar refractivity (Wildman–Crippen MR) is 63.3 cm³/mol. The summed E-state index contributed by atoms with van der Waals surface area (Å²) in [5.74, 6) is 0.882. The molecule has 1 atom stereocenters. The van der Waals surface area contributed by atoms with Crippen LogP contribution in [0.1, 0.15) is 31.2 Å². The normalized spacial score (nSPS) is 23.9. The van der Waals surface area contributed by atoms with Crippen molar-refractivity contribution in [2.24, 2.45) is 5.41 Å². The van der Waals surface area contributed by atoms with Gasteiger partial charge in [0.25, 0.3) is 0 Å². The average Bonchev–Trinajstić information content (AvgIpc) is 2.95. The Morgan fingerprint density at radius 2 is 2.53 bits per heavy atom. The van der Waals surface area contributed by atoms with Crippen molar-refractivity contribution in [3.63, 3.8) is 0 Å². The minimum Gasteiger partial charge on any atom is -0.361 e. The van der Waals surface area contributed by atoms with E-state index in [-0.39, 0.29) is 11.3 Å². The van der Waals surface area contributed by atoms with Crippen LogP contribution < -0.4 is 10.6 Å². The van der Waals surface area contributed by atoms with Gasteiger partial charge >= 0.3 is 0 Å². The molecule has 94 valence electrons. The van der Waals surface area contributed by atoms with E-state index >= 15 is 0 Å². The molecule has 0 radical (unpaired) electrons. The third-order valence-corrected chi connectivity index (χ3v) is 3.51. The highest BCUT2D eigenvalue weighted by atomic mass is 16.5. The number of carbonyl (C=O) groups is 1. The van der Waals surface area contributed by atoms with Gasteiger partial charge in [0.1, 0.15) is 11.5 Å². The number of aryl methyl sites for hydroxylation is 1. The molecule has 5 nitrogen and oxygen atoms in total. The zero-order valence-corrected chi connectivity index (χ0v) is 10.4. The molecule has 2 heterocycles. The van der Waals surface area contributed by atoms with Crippen LogP contribution in [0.4, 0.5) is 0 Å². The lowest BCUT2D eigenvalue weighted by molar-refractivity contribution is -0.130. The SMILES string of the molecule is CCC1(C(=O)NCc2cc(C)on2)CCNC1. The summed E-state index contributed by atoms with van der Waals surface area (Å²) < 4.78 is 4.96. The Morgan fingerprint density at radius 3 is 3.06 bits per heavy atom. The first kappa shape index (κ1) is 12.1. The lowest BCUT2D eigenvalue weighted by Crippen LogP contribution is -2.41. The van der Waals surface area contributed by atoms with Gasteiger partial charge in [0, 0.05) is 12.6 Å². The summed E-state index contributed by atoms with van der Waals surface area (Å²) in [7, 11) is 0. The molecule has 2 N–H and O–H groups in total. The van der Waals surface area contributed by atoms with Crippen molar-refractivity contribution < 1.29 is 9.32 Å². The third kappa shape index (κ3) is 2.49. The van der Waals surface area contributed by atoms with Gasteiger partial charge in [-0.2, -0.15) is 0 Å². The van der Waals surface area contributed by atoms with E-state index in [0.717, 1.165) is 37.4 Å². The Kier molecular flexibility index (Phi) is 3.47. The standard InChI is InChI=1S/C12H19N3O2/c1-3-12(4-5-13-8-12)11(16)14-7-10-6-9(2)17-15-10/h6,13H,3-5,7-8H2,1-2H3,(H,14,16). The van der Waals surface area contributed by atoms with Crippen LogP contribution in [-0.4, -0.2) is 24.2 Å². The monoisotopic (exact) mass is 237 g/mol. The lowest BCUT2D eigenvalue weighted by Gasteiger charge is -2.24. The van der Waals surface area contributed by atoms with Gasteiger partial charge in [-0.3, -0.25) is 4.79 Å². The van der Waals surface area contributed by atoms with E-state index in [1.807, 2.05) is 13.0 Å². The van der Waals surface area contributed by atoms with Crippen molar-refractivity contribution in [3.8, 4) is 0 Å². The number of hydrogen-bond acceptors (Lipinski definition) is 4. The average molecular weight is 237 g/mol. The van der Waals surface area contributed by atoms with Gasteiger partial charge in [-0.05, 0) is 26.3 Å². The summed E-state index contributed by atoms with van der Waals surface area (Å²) in [4.78, 5) is 12.2. The second-order valence-corrected chi connectivity index (χ2v) is 4.67. The van der Waals surface area contributed by atoms with E-state index in [4.69, 9.17) is 4.52 Å². The number of rotatable bonds is 4. The molecule has 0 aliphatic carbocycles. The van der Waals surface area contributed by atoms with Crippen LogP contribution in [0.2, 0.25) is 0 Å². The van der Waals surface area contributed by atoms with Crippen LogP contribution in [0, 0.1) is 12.3 Å². The van der Waals surface area contributed by atoms with Crippen molar-refractivity contribution in [2.75, 3.05) is 13.1 Å². The largest absolute Gasteiger partial charge is 0.361 e. The van der Waals surface area contributed by atoms with Crippen molar-refractivity contribution in [1.82, 2.24) is 15.8 Å². The van der Waals surface area contributed by atoms with Crippen molar-refractivity contribution in [3.05, 3.63) is 17.5 Å². The van der Waals surface area contributed by atoms with Crippen molar-refractivity contribution in [2.45, 2.75) is 33.2 Å². The molecule has 1 amide bonds. The second-order valence-electron chi connectivity index (χ2n) is 4.67. The highest BCUT2D eigenvalue weighted by molar-refractivity contribution is 5.83. The molecule has 1 saturated heterocycles. The van der Waals surface area contributed by atoms with Gasteiger partial charge in [0.2, 0.25) is 5.91 Å². The van der Waals surface area contributed by atoms with Crippen LogP contribution in [0.15, 0.2) is 10.6 Å². The second kappa shape index (κ2) is 4.87. The first-order valence-corrected chi connectivity index (χ1v) is 6.07. The fourth-order valence-electron chi connectivity index (χ4n) is 2.26. The predicted octanol–water partition coefficient (Wildman–Crippen LogP) is 0.989. The molecule has 1 unspecified atom stereocenters. The highest BCUT2D eigenvalue weighted by Crippen LogP contribution is 2.29. The zero-order valence-electron chi connectivity index (χ0n) is 10.4. The number of carbonyl (C=O) groups excluding carboxylic acids is 1. The summed E-state index contributed by atoms with van der Waals surface area (Å²) in [6.45, 7) is 6.04. The van der Waals surface area contributed by atoms with Gasteiger partial charge in [-0.1, -0.05) is 12.1 Å². The molecule has 0 bridgehead atoms. The van der Waals surface area contributed by atoms with Gasteiger partial charge in [0.05, 0.1) is 12.0 Å². The minimum absolute atomic E-state index is 0.116. The first-order valence-electron chi connectivity index (χ1n) is 6.07. The van der Waals surface area contributed by atoms with Gasteiger partial charge in [-0.25, -0.2) is 0 Å². The van der Waals surface area contributed by atoms with E-state index in [2.05, 4.69) is 22.7 Å². The van der Waals surface area contributed by atoms with Crippen LogP contribution in [0.3, 0.4) is 0 Å². The summed E-state index contributed by atoms with van der Waals surface area (Å²) >= 11 is 0. The van der Waals surface area contributed by atoms with E-state index < -0.39 is 0 Å². The molecular weight excluding hydrogens is 218 g/mol. The fourth-order valence-corrected chi connectivity index (χ4v) is 2.26. The Bertz CT molecular complexity index is 394. The van der Waals surface area contributed by atoms with Gasteiger partial charge in [0.15, 0.2) is 0 Å². The van der Waals surface area contributed by atoms with E-state index in [0.29, 0.717) is 6.54 Å². The Morgan fingerprint density at radius 1 is 1.71 bits per heavy atom. The lowest BCUT2D eigenvalue weighted by atomic mass is 9.83. The topological polar surface area (TPSA) is 67.2 Å². The smallest absolute Gasteiger partial charge is 0.227 e. The Hall–Kier alpha value is -1.36. The van der Waals surface area contributed by atoms with Crippen LogP contribution in [-0.2, 0) is 11.3 Å². The molecule has 1 aliphatic rings. The van der Waals surface area contributed by atoms with Crippen LogP contribution >= 0.6 is 0 Å². The van der Waals surface area contributed by atoms with Gasteiger partial charge in [-0.15, -0.1) is 0 Å². The molecule has 0 aromatic carbocycles. The maximum Gasteiger partial charge on any atom is 0.227 e. The van der Waals surface area contributed by atoms with E-state index in [9.17, 15) is 4.79 Å². The molecule has 1 aromatic rings. The van der Waals surface area contributed by atoms with Crippen molar-refractivity contribution in [1.29, 1.82) is 0 Å². The number of amides is 1. The summed E-state index contributed by atoms with van der Waals surface area (Å²) in [5.41, 5.74) is 0.534. The maximum atomic E-state index is 12.2. The molecule has 0 saturated carbocycles. The molecule has 1 fully saturated rings. The number of aromatic nitrogens is 1. The summed E-state index contributed by atoms with van der Waals surface area (Å²) in [6.07, 6.45) is 1.77. The van der Waals surface area contributed by atoms with E-state index in [1.165, 1.54) is 0 Å². The Balaban J connectivity index is 1.92. The number of nitrogens with one attached hydrogen (secondary N) is 2. The quantitative estimate of drug-likeness (QED) is 0.819. The van der Waals surface area contributed by atoms with Gasteiger partial charge < -0.3 is 15.2 Å². The first-order chi connectivity index (χ1) is 8.16. The van der Waals surface area contributed by atoms with Crippen molar-refractivity contribution >= 4 is 5.91 Å². The van der Waals surface area contributed by atoms with E-state index in [1.54, 1.807) is 0 Å². The molecule has 1 aromatic heterocycles. The molecular formula is C12H19N3O2. The summed E-state index contributed by atoms with van der Waals surface area (Å²) in [6, 6.07) is 1.84. The number of hydrogen-bond donors (Lipinski definition) is 2. The highest BCUT2D eigenvalue weighted by Gasteiger charge is 2.39. The molecule has 1 aliphatic heterocycles. The van der Waals surface area contributed by atoms with Crippen LogP contribution in [0.25, 0.3) is 0 Å². The fraction of sp³-hybridized carbons (Fsp3) is 0.667. The number of nitrogens with zero attached hydrogens (tertiary/aromatic N) is 1.